The van der Waals surface area contributed by atoms with Gasteiger partial charge in [0.05, 0.1) is 11.3 Å². The lowest BCUT2D eigenvalue weighted by Crippen LogP contribution is -2.24. The van der Waals surface area contributed by atoms with Crippen LogP contribution >= 0.6 is 11.8 Å². The zero-order chi connectivity index (χ0) is 16.1. The van der Waals surface area contributed by atoms with Crippen molar-refractivity contribution in [3.63, 3.8) is 0 Å². The Kier molecular flexibility index (Phi) is 4.98. The largest absolute Gasteiger partial charge is 0.352 e. The summed E-state index contributed by atoms with van der Waals surface area (Å²) in [7, 11) is 0. The number of hydrogen-bond donors (Lipinski definition) is 1. The molecule has 0 bridgehead atoms. The van der Waals surface area contributed by atoms with E-state index in [9.17, 15) is 4.79 Å². The van der Waals surface area contributed by atoms with Crippen LogP contribution in [-0.2, 0) is 5.75 Å². The molecular weight excluding hydrogens is 306 g/mol. The van der Waals surface area contributed by atoms with Crippen molar-refractivity contribution in [3.8, 4) is 0 Å². The topological polar surface area (TPSA) is 46.4 Å². The Morgan fingerprint density at radius 3 is 2.87 bits per heavy atom. The van der Waals surface area contributed by atoms with Gasteiger partial charge in [0.2, 0.25) is 0 Å². The molecule has 3 rings (SSSR count). The summed E-state index contributed by atoms with van der Waals surface area (Å²) in [5.41, 5.74) is 2.68. The average Bonchev–Trinajstić information content (AvgIpc) is 3.01. The lowest BCUT2D eigenvalue weighted by atomic mass is 10.2. The number of rotatable bonds is 6. The third-order valence-corrected chi connectivity index (χ3v) is 4.56. The van der Waals surface area contributed by atoms with E-state index >= 15 is 0 Å². The molecule has 0 fully saturated rings. The molecule has 0 saturated carbocycles. The lowest BCUT2D eigenvalue weighted by Gasteiger charge is -2.08. The van der Waals surface area contributed by atoms with Crippen LogP contribution < -0.4 is 5.32 Å². The van der Waals surface area contributed by atoms with Crippen LogP contribution in [0.4, 0.5) is 0 Å². The van der Waals surface area contributed by atoms with Gasteiger partial charge in [-0.05, 0) is 30.7 Å². The number of thioether (sulfide) groups is 1. The average molecular weight is 325 g/mol. The van der Waals surface area contributed by atoms with Gasteiger partial charge < -0.3 is 9.72 Å². The summed E-state index contributed by atoms with van der Waals surface area (Å²) in [5, 5.41) is 2.94. The number of carbonyl (C=O) groups excluding carboxylic acids is 1. The van der Waals surface area contributed by atoms with E-state index in [4.69, 9.17) is 0 Å². The van der Waals surface area contributed by atoms with Gasteiger partial charge in [-0.25, -0.2) is 4.98 Å². The highest BCUT2D eigenvalue weighted by atomic mass is 32.2. The molecule has 4 nitrogen and oxygen atoms in total. The third-order valence-electron chi connectivity index (χ3n) is 3.46. The molecular formula is C18H19N3OS. The van der Waals surface area contributed by atoms with E-state index in [-0.39, 0.29) is 5.91 Å². The van der Waals surface area contributed by atoms with Gasteiger partial charge in [-0.3, -0.25) is 4.79 Å². The first kappa shape index (κ1) is 15.6. The minimum atomic E-state index is -0.00930. The monoisotopic (exact) mass is 325 g/mol. The number of nitrogens with zero attached hydrogens (tertiary/aromatic N) is 2. The molecule has 0 unspecified atom stereocenters. The molecule has 0 radical (unpaired) electrons. The molecule has 2 aromatic heterocycles. The number of hydrogen-bond acceptors (Lipinski definition) is 3. The normalized spacial score (nSPS) is 10.8. The number of pyridine rings is 1. The number of imidazole rings is 1. The van der Waals surface area contributed by atoms with E-state index in [1.165, 1.54) is 0 Å². The number of nitrogens with one attached hydrogen (secondary N) is 1. The summed E-state index contributed by atoms with van der Waals surface area (Å²) in [6.07, 6.45) is 4.95. The second-order valence-corrected chi connectivity index (χ2v) is 6.26. The van der Waals surface area contributed by atoms with Crippen molar-refractivity contribution in [2.45, 2.75) is 24.0 Å². The highest BCUT2D eigenvalue weighted by Crippen LogP contribution is 2.26. The van der Waals surface area contributed by atoms with Crippen LogP contribution in [0.2, 0.25) is 0 Å². The van der Waals surface area contributed by atoms with E-state index in [0.717, 1.165) is 34.0 Å². The second-order valence-electron chi connectivity index (χ2n) is 5.24. The van der Waals surface area contributed by atoms with E-state index in [2.05, 4.69) is 10.3 Å². The molecule has 5 heteroatoms. The molecule has 0 aliphatic carbocycles. The fourth-order valence-corrected chi connectivity index (χ4v) is 3.26. The maximum Gasteiger partial charge on any atom is 0.252 e. The Bertz CT molecular complexity index is 780. The van der Waals surface area contributed by atoms with Gasteiger partial charge in [0, 0.05) is 29.6 Å². The smallest absolute Gasteiger partial charge is 0.252 e. The number of benzene rings is 1. The maximum absolute atomic E-state index is 12.2. The van der Waals surface area contributed by atoms with Crippen LogP contribution in [-0.4, -0.2) is 21.8 Å². The minimum Gasteiger partial charge on any atom is -0.352 e. The quantitative estimate of drug-likeness (QED) is 0.702. The van der Waals surface area contributed by atoms with Crippen molar-refractivity contribution < 1.29 is 4.79 Å². The Labute approximate surface area is 139 Å². The molecule has 1 aromatic carbocycles. The van der Waals surface area contributed by atoms with Crippen molar-refractivity contribution >= 4 is 23.3 Å². The molecule has 1 amide bonds. The molecule has 3 aromatic rings. The molecule has 2 heterocycles. The number of amides is 1. The SMILES string of the molecule is CCCNC(=O)c1ccccc1SCc1cn2ccccc2n1. The Hall–Kier alpha value is -2.27. The Morgan fingerprint density at radius 2 is 2.04 bits per heavy atom. The van der Waals surface area contributed by atoms with E-state index < -0.39 is 0 Å². The second kappa shape index (κ2) is 7.33. The fourth-order valence-electron chi connectivity index (χ4n) is 2.32. The first-order chi connectivity index (χ1) is 11.3. The predicted octanol–water partition coefficient (Wildman–Crippen LogP) is 3.77. The van der Waals surface area contributed by atoms with Gasteiger partial charge in [0.1, 0.15) is 5.65 Å². The third kappa shape index (κ3) is 3.74. The number of fused-ring (bicyclic) bond motifs is 1. The van der Waals surface area contributed by atoms with E-state index in [1.807, 2.05) is 66.2 Å². The van der Waals surface area contributed by atoms with Gasteiger partial charge in [0.15, 0.2) is 0 Å². The van der Waals surface area contributed by atoms with Crippen LogP contribution in [0, 0.1) is 0 Å². The summed E-state index contributed by atoms with van der Waals surface area (Å²) < 4.78 is 2.01. The minimum absolute atomic E-state index is 0.00930. The summed E-state index contributed by atoms with van der Waals surface area (Å²) in [5.74, 6) is 0.727. The Balaban J connectivity index is 1.73. The van der Waals surface area contributed by atoms with E-state index in [0.29, 0.717) is 6.54 Å². The van der Waals surface area contributed by atoms with Crippen molar-refractivity contribution in [2.75, 3.05) is 6.54 Å². The number of carbonyl (C=O) groups is 1. The van der Waals surface area contributed by atoms with Crippen molar-refractivity contribution in [1.29, 1.82) is 0 Å². The van der Waals surface area contributed by atoms with Crippen LogP contribution in [0.15, 0.2) is 59.8 Å². The van der Waals surface area contributed by atoms with Crippen molar-refractivity contribution in [2.24, 2.45) is 0 Å². The highest BCUT2D eigenvalue weighted by molar-refractivity contribution is 7.98. The summed E-state index contributed by atoms with van der Waals surface area (Å²) >= 11 is 1.64. The molecule has 0 aliphatic rings. The molecule has 0 spiro atoms. The number of aromatic nitrogens is 2. The predicted molar refractivity (Wildman–Crippen MR) is 93.8 cm³/mol. The lowest BCUT2D eigenvalue weighted by molar-refractivity contribution is 0.0950. The molecule has 23 heavy (non-hydrogen) atoms. The van der Waals surface area contributed by atoms with Gasteiger partial charge in [0.25, 0.3) is 5.91 Å². The summed E-state index contributed by atoms with van der Waals surface area (Å²) in [4.78, 5) is 17.8. The first-order valence-electron chi connectivity index (χ1n) is 7.70. The molecule has 118 valence electrons. The fraction of sp³-hybridized carbons (Fsp3) is 0.222. The van der Waals surface area contributed by atoms with Crippen LogP contribution in [0.3, 0.4) is 0 Å². The molecule has 0 aliphatic heterocycles. The van der Waals surface area contributed by atoms with Gasteiger partial charge in [-0.2, -0.15) is 0 Å². The van der Waals surface area contributed by atoms with Crippen LogP contribution in [0.5, 0.6) is 0 Å². The van der Waals surface area contributed by atoms with E-state index in [1.54, 1.807) is 11.8 Å². The molecule has 1 N–H and O–H groups in total. The van der Waals surface area contributed by atoms with Crippen LogP contribution in [0.25, 0.3) is 5.65 Å². The summed E-state index contributed by atoms with van der Waals surface area (Å²) in [6, 6.07) is 13.7. The highest BCUT2D eigenvalue weighted by Gasteiger charge is 2.11. The van der Waals surface area contributed by atoms with Crippen molar-refractivity contribution in [3.05, 3.63) is 66.1 Å². The molecule has 0 atom stereocenters. The van der Waals surface area contributed by atoms with Gasteiger partial charge >= 0.3 is 0 Å². The zero-order valence-electron chi connectivity index (χ0n) is 13.0. The van der Waals surface area contributed by atoms with Gasteiger partial charge in [-0.15, -0.1) is 11.8 Å². The van der Waals surface area contributed by atoms with Crippen LogP contribution in [0.1, 0.15) is 29.4 Å². The van der Waals surface area contributed by atoms with Gasteiger partial charge in [-0.1, -0.05) is 25.1 Å². The standard InChI is InChI=1S/C18H19N3OS/c1-2-10-19-18(22)15-7-3-4-8-16(15)23-13-14-12-21-11-6-5-9-17(21)20-14/h3-9,11-12H,2,10,13H2,1H3,(H,19,22). The Morgan fingerprint density at radius 1 is 1.22 bits per heavy atom. The molecule has 0 saturated heterocycles. The zero-order valence-corrected chi connectivity index (χ0v) is 13.8. The van der Waals surface area contributed by atoms with Crippen molar-refractivity contribution in [1.82, 2.24) is 14.7 Å². The first-order valence-corrected chi connectivity index (χ1v) is 8.69. The summed E-state index contributed by atoms with van der Waals surface area (Å²) in [6.45, 7) is 2.74. The maximum atomic E-state index is 12.2.